The fraction of sp³-hybridized carbons (Fsp3) is 0.500. The summed E-state index contributed by atoms with van der Waals surface area (Å²) in [6, 6.07) is 1.59. The number of quaternary nitrogens is 1. The first-order valence-corrected chi connectivity index (χ1v) is 7.61. The average Bonchev–Trinajstić information content (AvgIpc) is 2.33. The summed E-state index contributed by atoms with van der Waals surface area (Å²) in [4.78, 5) is 0. The van der Waals surface area contributed by atoms with E-state index in [2.05, 4.69) is 0 Å². The Morgan fingerprint density at radius 2 is 1.04 bits per heavy atom. The zero-order valence-corrected chi connectivity index (χ0v) is 14.0. The summed E-state index contributed by atoms with van der Waals surface area (Å²) < 4.78 is 134. The van der Waals surface area contributed by atoms with Crippen LogP contribution in [0.1, 0.15) is 11.1 Å². The Bertz CT molecular complexity index is 649. The highest BCUT2D eigenvalue weighted by Crippen LogP contribution is 2.38. The molecule has 0 atom stereocenters. The van der Waals surface area contributed by atoms with E-state index in [0.717, 1.165) is 12.1 Å². The normalized spacial score (nSPS) is 13.9. The van der Waals surface area contributed by atoms with Crippen molar-refractivity contribution >= 4 is 15.8 Å². The van der Waals surface area contributed by atoms with E-state index < -0.39 is 39.1 Å². The predicted molar refractivity (Wildman–Crippen MR) is 71.8 cm³/mol. The number of halogens is 9. The van der Waals surface area contributed by atoms with Gasteiger partial charge in [0.05, 0.1) is 32.3 Å². The van der Waals surface area contributed by atoms with Crippen LogP contribution in [-0.2, 0) is 22.5 Å². The van der Waals surface area contributed by atoms with Gasteiger partial charge in [-0.2, -0.15) is 39.5 Å². The monoisotopic (exact) mass is 421 g/mol. The first kappa shape index (κ1) is 24.5. The van der Waals surface area contributed by atoms with Crippen LogP contribution < -0.4 is 4.48 Å². The average molecular weight is 421 g/mol. The zero-order valence-electron chi connectivity index (χ0n) is 13.2. The third kappa shape index (κ3) is 7.37. The molecule has 0 unspecified atom stereocenters. The van der Waals surface area contributed by atoms with Crippen LogP contribution in [0.25, 0.3) is 0 Å². The number of benzene rings is 1. The summed E-state index contributed by atoms with van der Waals surface area (Å²) in [5, 5.41) is 0. The molecule has 0 aliphatic rings. The van der Waals surface area contributed by atoms with E-state index in [1.54, 1.807) is 0 Å². The lowest BCUT2D eigenvalue weighted by Crippen LogP contribution is -2.35. The summed E-state index contributed by atoms with van der Waals surface area (Å²) in [5.74, 6) is 0. The summed E-state index contributed by atoms with van der Waals surface area (Å²) in [6.07, 6.45) is -9.60. The van der Waals surface area contributed by atoms with Crippen LogP contribution in [0.3, 0.4) is 0 Å². The molecule has 1 aromatic carbocycles. The number of rotatable bonds is 1. The van der Waals surface area contributed by atoms with Gasteiger partial charge in [-0.25, -0.2) is 8.42 Å². The van der Waals surface area contributed by atoms with Crippen LogP contribution in [-0.4, -0.2) is 39.6 Å². The van der Waals surface area contributed by atoms with Gasteiger partial charge in [-0.3, -0.25) is 4.48 Å². The highest BCUT2D eigenvalue weighted by Gasteiger charge is 2.38. The third-order valence-corrected chi connectivity index (χ3v) is 3.20. The molecule has 0 saturated heterocycles. The number of nitrogens with zero attached hydrogens (tertiary/aromatic N) is 1. The lowest BCUT2D eigenvalue weighted by Gasteiger charge is -2.25. The van der Waals surface area contributed by atoms with Gasteiger partial charge in [-0.1, -0.05) is 0 Å². The van der Waals surface area contributed by atoms with Crippen LogP contribution in [0.4, 0.5) is 45.2 Å². The van der Waals surface area contributed by atoms with E-state index in [-0.39, 0.29) is 16.2 Å². The molecule has 0 radical (unpaired) electrons. The van der Waals surface area contributed by atoms with Gasteiger partial charge in [0.2, 0.25) is 0 Å². The lowest BCUT2D eigenvalue weighted by atomic mass is 10.1. The molecule has 1 rings (SSSR count). The first-order chi connectivity index (χ1) is 11.1. The maximum Gasteiger partial charge on any atom is 0.485 e. The Morgan fingerprint density at radius 1 is 0.769 bits per heavy atom. The molecule has 1 aromatic rings. The quantitative estimate of drug-likeness (QED) is 0.299. The number of hydrogen-bond donors (Lipinski definition) is 0. The fourth-order valence-corrected chi connectivity index (χ4v) is 1.33. The minimum Gasteiger partial charge on any atom is -0.741 e. The molecule has 0 aliphatic carbocycles. The Kier molecular flexibility index (Phi) is 6.80. The second-order valence-corrected chi connectivity index (χ2v) is 7.05. The Morgan fingerprint density at radius 3 is 1.19 bits per heavy atom. The molecule has 4 nitrogen and oxygen atoms in total. The van der Waals surface area contributed by atoms with Gasteiger partial charge in [0.1, 0.15) is 5.69 Å². The van der Waals surface area contributed by atoms with Gasteiger partial charge >= 0.3 is 17.9 Å². The molecule has 0 aromatic heterocycles. The van der Waals surface area contributed by atoms with Crippen molar-refractivity contribution in [2.24, 2.45) is 0 Å². The minimum absolute atomic E-state index is 0.0582. The van der Waals surface area contributed by atoms with Crippen molar-refractivity contribution in [2.75, 3.05) is 21.1 Å². The topological polar surface area (TPSA) is 57.2 Å². The zero-order chi connectivity index (χ0) is 21.4. The molecule has 0 spiro atoms. The third-order valence-electron chi connectivity index (χ3n) is 2.63. The molecule has 0 amide bonds. The van der Waals surface area contributed by atoms with E-state index in [0.29, 0.717) is 0 Å². The van der Waals surface area contributed by atoms with Crippen molar-refractivity contribution in [2.45, 2.75) is 17.9 Å². The molecular formula is C12H12F9NO3S. The predicted octanol–water partition coefficient (Wildman–Crippen LogP) is 3.97. The Balaban J connectivity index is 0.000000660. The fourth-order valence-electron chi connectivity index (χ4n) is 1.33. The van der Waals surface area contributed by atoms with Crippen LogP contribution in [0.15, 0.2) is 18.2 Å². The number of alkyl halides is 9. The van der Waals surface area contributed by atoms with Crippen LogP contribution in [0.2, 0.25) is 0 Å². The van der Waals surface area contributed by atoms with E-state index in [4.69, 9.17) is 13.0 Å². The highest BCUT2D eigenvalue weighted by atomic mass is 32.2. The van der Waals surface area contributed by atoms with E-state index in [1.807, 2.05) is 0 Å². The summed E-state index contributed by atoms with van der Waals surface area (Å²) >= 11 is 0. The van der Waals surface area contributed by atoms with E-state index >= 15 is 0 Å². The first-order valence-electron chi connectivity index (χ1n) is 6.20. The standard InChI is InChI=1S/C11H12F6N.CHF3O3S/c1-18(2,3)9-5-7(10(12,13)14)4-8(6-9)11(15,16)17;2-1(3,4)8(5,6)7/h4-6H,1-3H3;(H,5,6,7)/q+1;/p-1. The van der Waals surface area contributed by atoms with Crippen molar-refractivity contribution in [1.82, 2.24) is 4.48 Å². The van der Waals surface area contributed by atoms with Gasteiger partial charge in [0.15, 0.2) is 10.1 Å². The Labute approximate surface area is 142 Å². The van der Waals surface area contributed by atoms with Gasteiger partial charge < -0.3 is 4.55 Å². The largest absolute Gasteiger partial charge is 0.741 e. The molecule has 26 heavy (non-hydrogen) atoms. The second kappa shape index (κ2) is 7.23. The molecule has 0 fully saturated rings. The van der Waals surface area contributed by atoms with Gasteiger partial charge in [-0.15, -0.1) is 0 Å². The molecular weight excluding hydrogens is 409 g/mol. The highest BCUT2D eigenvalue weighted by molar-refractivity contribution is 7.86. The maximum absolute atomic E-state index is 12.5. The Hall–Kier alpha value is -1.54. The molecule has 0 aliphatic heterocycles. The summed E-state index contributed by atoms with van der Waals surface area (Å²) in [5.41, 5.74) is -8.29. The molecule has 0 bridgehead atoms. The van der Waals surface area contributed by atoms with Crippen molar-refractivity contribution in [3.05, 3.63) is 29.3 Å². The summed E-state index contributed by atoms with van der Waals surface area (Å²) in [6.45, 7) is 0. The van der Waals surface area contributed by atoms with Gasteiger partial charge in [-0.05, 0) is 6.07 Å². The van der Waals surface area contributed by atoms with E-state index in [1.165, 1.54) is 21.1 Å². The lowest BCUT2D eigenvalue weighted by molar-refractivity contribution is -0.143. The maximum atomic E-state index is 12.5. The minimum atomic E-state index is -6.09. The van der Waals surface area contributed by atoms with Crippen molar-refractivity contribution in [1.29, 1.82) is 0 Å². The van der Waals surface area contributed by atoms with Crippen LogP contribution in [0, 0.1) is 0 Å². The second-order valence-electron chi connectivity index (χ2n) is 5.68. The summed E-state index contributed by atoms with van der Waals surface area (Å²) in [7, 11) is -1.60. The molecule has 0 saturated carbocycles. The van der Waals surface area contributed by atoms with Gasteiger partial charge in [0.25, 0.3) is 0 Å². The van der Waals surface area contributed by atoms with E-state index in [9.17, 15) is 39.5 Å². The van der Waals surface area contributed by atoms with Gasteiger partial charge in [0, 0.05) is 12.1 Å². The smallest absolute Gasteiger partial charge is 0.485 e. The molecule has 0 heterocycles. The van der Waals surface area contributed by atoms with Crippen molar-refractivity contribution in [3.63, 3.8) is 0 Å². The number of hydrogen-bond acceptors (Lipinski definition) is 3. The van der Waals surface area contributed by atoms with Crippen molar-refractivity contribution in [3.8, 4) is 0 Å². The van der Waals surface area contributed by atoms with Crippen LogP contribution >= 0.6 is 0 Å². The SMILES string of the molecule is C[N+](C)(C)c1cc(C(F)(F)F)cc(C(F)(F)F)c1.O=S(=O)([O-])C(F)(F)F. The molecule has 0 N–H and O–H groups in total. The molecule has 14 heteroatoms. The van der Waals surface area contributed by atoms with Crippen LogP contribution in [0.5, 0.6) is 0 Å². The van der Waals surface area contributed by atoms with Crippen molar-refractivity contribution < 1.29 is 52.5 Å². The molecule has 152 valence electrons.